The van der Waals surface area contributed by atoms with Gasteiger partial charge in [0.2, 0.25) is 0 Å². The van der Waals surface area contributed by atoms with Gasteiger partial charge in [0.15, 0.2) is 0 Å². The lowest BCUT2D eigenvalue weighted by molar-refractivity contribution is 0.340. The molecule has 0 aromatic heterocycles. The molecule has 0 amide bonds. The zero-order chi connectivity index (χ0) is 16.7. The standard InChI is InChI=1S/C18H17Br2NO2/c1-3-9-23-18-16(19)10-13(11-17(18)20)12-21-14-5-7-15(8-6-14)22-4-2/h1,5-8,10-11,21H,4,9,12H2,2H3. The summed E-state index contributed by atoms with van der Waals surface area (Å²) >= 11 is 7.03. The van der Waals surface area contributed by atoms with E-state index in [2.05, 4.69) is 43.1 Å². The molecule has 120 valence electrons. The zero-order valence-electron chi connectivity index (χ0n) is 12.7. The maximum Gasteiger partial charge on any atom is 0.149 e. The zero-order valence-corrected chi connectivity index (χ0v) is 15.9. The highest BCUT2D eigenvalue weighted by atomic mass is 79.9. The highest BCUT2D eigenvalue weighted by Gasteiger charge is 2.08. The number of halogens is 2. The molecule has 2 aromatic carbocycles. The SMILES string of the molecule is C#CCOc1c(Br)cc(CNc2ccc(OCC)cc2)cc1Br. The molecular weight excluding hydrogens is 422 g/mol. The van der Waals surface area contributed by atoms with Gasteiger partial charge in [-0.05, 0) is 80.7 Å². The summed E-state index contributed by atoms with van der Waals surface area (Å²) in [5.74, 6) is 4.05. The lowest BCUT2D eigenvalue weighted by atomic mass is 10.2. The van der Waals surface area contributed by atoms with Crippen molar-refractivity contribution in [1.82, 2.24) is 0 Å². The molecule has 0 atom stereocenters. The van der Waals surface area contributed by atoms with Crippen LogP contribution in [0.25, 0.3) is 0 Å². The lowest BCUT2D eigenvalue weighted by Gasteiger charge is -2.12. The summed E-state index contributed by atoms with van der Waals surface area (Å²) in [5, 5.41) is 3.38. The molecule has 0 aliphatic rings. The Morgan fingerprint density at radius 2 is 1.74 bits per heavy atom. The van der Waals surface area contributed by atoms with E-state index in [4.69, 9.17) is 15.9 Å². The monoisotopic (exact) mass is 437 g/mol. The van der Waals surface area contributed by atoms with Crippen molar-refractivity contribution < 1.29 is 9.47 Å². The molecule has 23 heavy (non-hydrogen) atoms. The molecule has 2 aromatic rings. The topological polar surface area (TPSA) is 30.5 Å². The van der Waals surface area contributed by atoms with E-state index in [1.54, 1.807) is 0 Å². The highest BCUT2D eigenvalue weighted by molar-refractivity contribution is 9.11. The average molecular weight is 439 g/mol. The second-order valence-electron chi connectivity index (χ2n) is 4.69. The van der Waals surface area contributed by atoms with Crippen molar-refractivity contribution in [2.75, 3.05) is 18.5 Å². The Morgan fingerprint density at radius 3 is 2.30 bits per heavy atom. The summed E-state index contributed by atoms with van der Waals surface area (Å²) in [7, 11) is 0. The van der Waals surface area contributed by atoms with Gasteiger partial charge >= 0.3 is 0 Å². The van der Waals surface area contributed by atoms with Gasteiger partial charge in [0.1, 0.15) is 18.1 Å². The summed E-state index contributed by atoms with van der Waals surface area (Å²) in [6, 6.07) is 11.9. The third kappa shape index (κ3) is 5.19. The van der Waals surface area contributed by atoms with Crippen LogP contribution >= 0.6 is 31.9 Å². The van der Waals surface area contributed by atoms with Crippen LogP contribution in [0.15, 0.2) is 45.3 Å². The molecule has 2 rings (SSSR count). The summed E-state index contributed by atoms with van der Waals surface area (Å²) in [5.41, 5.74) is 2.15. The minimum absolute atomic E-state index is 0.237. The van der Waals surface area contributed by atoms with Crippen LogP contribution in [0.3, 0.4) is 0 Å². The van der Waals surface area contributed by atoms with Gasteiger partial charge in [-0.1, -0.05) is 5.92 Å². The van der Waals surface area contributed by atoms with Gasteiger partial charge in [-0.25, -0.2) is 0 Å². The Bertz CT molecular complexity index is 670. The molecule has 0 bridgehead atoms. The molecule has 0 aliphatic heterocycles. The maximum absolute atomic E-state index is 5.51. The third-order valence-corrected chi connectivity index (χ3v) is 4.20. The van der Waals surface area contributed by atoms with Crippen molar-refractivity contribution in [3.63, 3.8) is 0 Å². The highest BCUT2D eigenvalue weighted by Crippen LogP contribution is 2.35. The number of benzene rings is 2. The van der Waals surface area contributed by atoms with Gasteiger partial charge < -0.3 is 14.8 Å². The van der Waals surface area contributed by atoms with Crippen molar-refractivity contribution in [1.29, 1.82) is 0 Å². The smallest absolute Gasteiger partial charge is 0.149 e. The van der Waals surface area contributed by atoms with E-state index in [1.807, 2.05) is 43.3 Å². The molecule has 5 heteroatoms. The van der Waals surface area contributed by atoms with Crippen LogP contribution in [0.1, 0.15) is 12.5 Å². The first-order valence-corrected chi connectivity index (χ1v) is 8.73. The number of terminal acetylenes is 1. The predicted octanol–water partition coefficient (Wildman–Crippen LogP) is 5.23. The van der Waals surface area contributed by atoms with Crippen LogP contribution in [-0.4, -0.2) is 13.2 Å². The Morgan fingerprint density at radius 1 is 1.09 bits per heavy atom. The Labute approximate surface area is 153 Å². The Hall–Kier alpha value is -1.64. The number of nitrogens with one attached hydrogen (secondary N) is 1. The first-order valence-electron chi connectivity index (χ1n) is 7.15. The molecule has 3 nitrogen and oxygen atoms in total. The van der Waals surface area contributed by atoms with Gasteiger partial charge in [0, 0.05) is 12.2 Å². The van der Waals surface area contributed by atoms with Crippen molar-refractivity contribution in [2.45, 2.75) is 13.5 Å². The normalized spacial score (nSPS) is 10.0. The van der Waals surface area contributed by atoms with E-state index in [1.165, 1.54) is 0 Å². The molecule has 0 aliphatic carbocycles. The second kappa shape index (κ2) is 8.85. The Kier molecular flexibility index (Phi) is 6.82. The number of ether oxygens (including phenoxy) is 2. The van der Waals surface area contributed by atoms with Crippen LogP contribution in [0.5, 0.6) is 11.5 Å². The minimum atomic E-state index is 0.237. The van der Waals surface area contributed by atoms with E-state index in [-0.39, 0.29) is 6.61 Å². The van der Waals surface area contributed by atoms with Gasteiger partial charge in [0.05, 0.1) is 15.6 Å². The molecule has 1 N–H and O–H groups in total. The molecule has 0 heterocycles. The van der Waals surface area contributed by atoms with E-state index >= 15 is 0 Å². The van der Waals surface area contributed by atoms with Crippen LogP contribution in [0, 0.1) is 12.3 Å². The summed E-state index contributed by atoms with van der Waals surface area (Å²) in [6.45, 7) is 3.57. The van der Waals surface area contributed by atoms with Crippen molar-refractivity contribution in [3.05, 3.63) is 50.9 Å². The first kappa shape index (κ1) is 17.7. The molecule has 0 saturated heterocycles. The first-order chi connectivity index (χ1) is 11.1. The number of anilines is 1. The van der Waals surface area contributed by atoms with E-state index in [9.17, 15) is 0 Å². The van der Waals surface area contributed by atoms with Crippen molar-refractivity contribution in [2.24, 2.45) is 0 Å². The molecule has 0 spiro atoms. The summed E-state index contributed by atoms with van der Waals surface area (Å²) in [4.78, 5) is 0. The van der Waals surface area contributed by atoms with Crippen LogP contribution < -0.4 is 14.8 Å². The van der Waals surface area contributed by atoms with E-state index in [0.717, 1.165) is 25.9 Å². The number of hydrogen-bond donors (Lipinski definition) is 1. The lowest BCUT2D eigenvalue weighted by Crippen LogP contribution is -2.01. The van der Waals surface area contributed by atoms with Crippen LogP contribution in [0.2, 0.25) is 0 Å². The Balaban J connectivity index is 2.01. The fraction of sp³-hybridized carbons (Fsp3) is 0.222. The fourth-order valence-corrected chi connectivity index (χ4v) is 3.52. The van der Waals surface area contributed by atoms with E-state index in [0.29, 0.717) is 18.9 Å². The van der Waals surface area contributed by atoms with Crippen LogP contribution in [0.4, 0.5) is 5.69 Å². The molecule has 0 unspecified atom stereocenters. The number of rotatable bonds is 7. The maximum atomic E-state index is 5.51. The van der Waals surface area contributed by atoms with Crippen molar-refractivity contribution in [3.8, 4) is 23.8 Å². The third-order valence-electron chi connectivity index (χ3n) is 3.02. The van der Waals surface area contributed by atoms with Gasteiger partial charge in [-0.3, -0.25) is 0 Å². The number of hydrogen-bond acceptors (Lipinski definition) is 3. The molecule has 0 saturated carbocycles. The minimum Gasteiger partial charge on any atom is -0.494 e. The second-order valence-corrected chi connectivity index (χ2v) is 6.40. The van der Waals surface area contributed by atoms with Gasteiger partial charge in [-0.15, -0.1) is 6.42 Å². The molecular formula is C18H17Br2NO2. The summed E-state index contributed by atoms with van der Waals surface area (Å²) in [6.07, 6.45) is 5.22. The quantitative estimate of drug-likeness (QED) is 0.600. The molecule has 0 fully saturated rings. The largest absolute Gasteiger partial charge is 0.494 e. The van der Waals surface area contributed by atoms with E-state index < -0.39 is 0 Å². The predicted molar refractivity (Wildman–Crippen MR) is 101 cm³/mol. The van der Waals surface area contributed by atoms with Gasteiger partial charge in [0.25, 0.3) is 0 Å². The fourth-order valence-electron chi connectivity index (χ4n) is 2.01. The average Bonchev–Trinajstić information content (AvgIpc) is 2.54. The van der Waals surface area contributed by atoms with Crippen molar-refractivity contribution >= 4 is 37.5 Å². The summed E-state index contributed by atoms with van der Waals surface area (Å²) < 4.78 is 12.7. The van der Waals surface area contributed by atoms with Crippen LogP contribution in [-0.2, 0) is 6.54 Å². The van der Waals surface area contributed by atoms with Gasteiger partial charge in [-0.2, -0.15) is 0 Å². The molecule has 0 radical (unpaired) electrons.